The first kappa shape index (κ1) is 28.1. The van der Waals surface area contributed by atoms with Gasteiger partial charge in [-0.2, -0.15) is 0 Å². The second-order valence-corrected chi connectivity index (χ2v) is 9.48. The van der Waals surface area contributed by atoms with E-state index in [1.807, 2.05) is 24.3 Å². The molecule has 0 unspecified atom stereocenters. The highest BCUT2D eigenvalue weighted by atomic mass is 35.5. The van der Waals surface area contributed by atoms with Gasteiger partial charge in [0.1, 0.15) is 30.7 Å². The number of benzene rings is 2. The van der Waals surface area contributed by atoms with E-state index in [1.165, 1.54) is 26.4 Å². The summed E-state index contributed by atoms with van der Waals surface area (Å²) in [7, 11) is 2.68. The zero-order valence-electron chi connectivity index (χ0n) is 21.4. The lowest BCUT2D eigenvalue weighted by molar-refractivity contribution is -0.293. The number of para-hydroxylation sites is 2. The van der Waals surface area contributed by atoms with Gasteiger partial charge in [-0.05, 0) is 38.1 Å². The molecular formula is C26H31ClN2O9. The average molecular weight is 551 g/mol. The van der Waals surface area contributed by atoms with Crippen molar-refractivity contribution in [3.8, 4) is 11.5 Å². The summed E-state index contributed by atoms with van der Waals surface area (Å²) < 4.78 is 29.2. The number of methoxy groups -OCH3 is 2. The Bertz CT molecular complexity index is 1270. The zero-order valence-corrected chi connectivity index (χ0v) is 22.2. The second-order valence-electron chi connectivity index (χ2n) is 9.07. The van der Waals surface area contributed by atoms with Gasteiger partial charge in [0.05, 0.1) is 35.3 Å². The second kappa shape index (κ2) is 11.9. The summed E-state index contributed by atoms with van der Waals surface area (Å²) in [6.07, 6.45) is -6.75. The van der Waals surface area contributed by atoms with Crippen LogP contribution < -0.4 is 9.47 Å². The predicted molar refractivity (Wildman–Crippen MR) is 136 cm³/mol. The number of hydrogen-bond donors (Lipinski definition) is 3. The molecule has 38 heavy (non-hydrogen) atoms. The van der Waals surface area contributed by atoms with Gasteiger partial charge in [0.25, 0.3) is 0 Å². The van der Waals surface area contributed by atoms with Crippen molar-refractivity contribution in [2.45, 2.75) is 57.2 Å². The Morgan fingerprint density at radius 3 is 2.58 bits per heavy atom. The molecular weight excluding hydrogens is 520 g/mol. The van der Waals surface area contributed by atoms with Crippen molar-refractivity contribution in [1.82, 2.24) is 9.55 Å². The van der Waals surface area contributed by atoms with Gasteiger partial charge in [0.2, 0.25) is 0 Å². The number of esters is 1. The quantitative estimate of drug-likeness (QED) is 0.340. The van der Waals surface area contributed by atoms with E-state index in [1.54, 1.807) is 0 Å². The van der Waals surface area contributed by atoms with Crippen molar-refractivity contribution in [2.24, 2.45) is 0 Å². The van der Waals surface area contributed by atoms with Gasteiger partial charge in [-0.1, -0.05) is 23.7 Å². The van der Waals surface area contributed by atoms with E-state index in [9.17, 15) is 20.1 Å². The minimum atomic E-state index is -1.50. The highest BCUT2D eigenvalue weighted by molar-refractivity contribution is 6.32. The molecule has 0 bridgehead atoms. The molecule has 4 rings (SSSR count). The molecule has 2 aromatic carbocycles. The molecule has 0 spiro atoms. The number of aromatic nitrogens is 2. The van der Waals surface area contributed by atoms with Crippen molar-refractivity contribution in [3.63, 3.8) is 0 Å². The Morgan fingerprint density at radius 2 is 1.92 bits per heavy atom. The van der Waals surface area contributed by atoms with E-state index in [4.69, 9.17) is 35.3 Å². The molecule has 0 radical (unpaired) electrons. The van der Waals surface area contributed by atoms with E-state index in [-0.39, 0.29) is 34.7 Å². The minimum Gasteiger partial charge on any atom is -0.493 e. The standard InChI is InChI=1S/C26H31ClN2O9/c1-13(2)29-17-8-6-5-7-16(17)28-20(29)12-36-23-15(27)9-14(10-18(23)34-3)25(33)38-24-21(31)19(11-30)37-26(35-4)22(24)32/h5-10,13,19,21-22,24,26,30-32H,11-12H2,1-4H3/t19-,21-,22-,24+,26+/m1/s1. The number of hydrogen-bond acceptors (Lipinski definition) is 10. The van der Waals surface area contributed by atoms with Crippen LogP contribution in [0.1, 0.15) is 36.1 Å². The molecule has 5 atom stereocenters. The minimum absolute atomic E-state index is 0.00553. The Hall–Kier alpha value is -2.93. The van der Waals surface area contributed by atoms with Crippen LogP contribution in [0.25, 0.3) is 11.0 Å². The smallest absolute Gasteiger partial charge is 0.338 e. The number of ether oxygens (including phenoxy) is 5. The van der Waals surface area contributed by atoms with E-state index >= 15 is 0 Å². The van der Waals surface area contributed by atoms with Crippen molar-refractivity contribution < 1.29 is 43.8 Å². The summed E-state index contributed by atoms with van der Waals surface area (Å²) in [4.78, 5) is 17.6. The number of carbonyl (C=O) groups is 1. The Labute approximate surface area is 224 Å². The Kier molecular flexibility index (Phi) is 8.76. The molecule has 1 fully saturated rings. The van der Waals surface area contributed by atoms with Gasteiger partial charge in [0, 0.05) is 13.2 Å². The normalized spacial score (nSPS) is 23.6. The van der Waals surface area contributed by atoms with Gasteiger partial charge in [-0.3, -0.25) is 0 Å². The molecule has 12 heteroatoms. The number of imidazole rings is 1. The molecule has 0 saturated carbocycles. The number of fused-ring (bicyclic) bond motifs is 1. The Balaban J connectivity index is 1.55. The molecule has 11 nitrogen and oxygen atoms in total. The number of rotatable bonds is 9. The molecule has 1 aromatic heterocycles. The van der Waals surface area contributed by atoms with Crippen LogP contribution in [0.15, 0.2) is 36.4 Å². The van der Waals surface area contributed by atoms with Gasteiger partial charge in [-0.25, -0.2) is 9.78 Å². The van der Waals surface area contributed by atoms with Crippen molar-refractivity contribution in [2.75, 3.05) is 20.8 Å². The summed E-state index contributed by atoms with van der Waals surface area (Å²) in [5, 5.41) is 30.4. The van der Waals surface area contributed by atoms with Gasteiger partial charge in [-0.15, -0.1) is 0 Å². The molecule has 206 valence electrons. The highest BCUT2D eigenvalue weighted by Crippen LogP contribution is 2.38. The summed E-state index contributed by atoms with van der Waals surface area (Å²) in [5.74, 6) is 0.179. The van der Waals surface area contributed by atoms with Crippen LogP contribution in [0, 0.1) is 0 Å². The maximum absolute atomic E-state index is 13.0. The molecule has 3 N–H and O–H groups in total. The topological polar surface area (TPSA) is 142 Å². The monoisotopic (exact) mass is 550 g/mol. The van der Waals surface area contributed by atoms with Gasteiger partial charge >= 0.3 is 5.97 Å². The van der Waals surface area contributed by atoms with E-state index in [0.29, 0.717) is 5.82 Å². The molecule has 3 aromatic rings. The number of halogens is 1. The summed E-state index contributed by atoms with van der Waals surface area (Å²) >= 11 is 6.48. The van der Waals surface area contributed by atoms with Crippen LogP contribution in [0.2, 0.25) is 5.02 Å². The molecule has 1 aliphatic heterocycles. The average Bonchev–Trinajstić information content (AvgIpc) is 3.28. The highest BCUT2D eigenvalue weighted by Gasteiger charge is 2.47. The number of aliphatic hydroxyl groups excluding tert-OH is 3. The van der Waals surface area contributed by atoms with E-state index in [0.717, 1.165) is 11.0 Å². The first-order valence-electron chi connectivity index (χ1n) is 12.0. The molecule has 1 saturated heterocycles. The third-order valence-corrected chi connectivity index (χ3v) is 6.57. The lowest BCUT2D eigenvalue weighted by Crippen LogP contribution is -2.60. The lowest BCUT2D eigenvalue weighted by atomic mass is 9.99. The van der Waals surface area contributed by atoms with E-state index in [2.05, 4.69) is 23.4 Å². The Morgan fingerprint density at radius 1 is 1.18 bits per heavy atom. The first-order chi connectivity index (χ1) is 18.2. The van der Waals surface area contributed by atoms with Crippen molar-refractivity contribution >= 4 is 28.6 Å². The zero-order chi connectivity index (χ0) is 27.6. The van der Waals surface area contributed by atoms with Crippen LogP contribution in [-0.4, -0.2) is 82.4 Å². The number of nitrogens with zero attached hydrogens (tertiary/aromatic N) is 2. The molecule has 1 aliphatic rings. The molecule has 0 amide bonds. The predicted octanol–water partition coefficient (Wildman–Crippen LogP) is 2.47. The third-order valence-electron chi connectivity index (χ3n) is 6.29. The van der Waals surface area contributed by atoms with Crippen LogP contribution in [0.4, 0.5) is 0 Å². The summed E-state index contributed by atoms with van der Waals surface area (Å²) in [6.45, 7) is 3.62. The van der Waals surface area contributed by atoms with Crippen LogP contribution in [0.3, 0.4) is 0 Å². The molecule has 2 heterocycles. The first-order valence-corrected chi connectivity index (χ1v) is 12.4. The van der Waals surface area contributed by atoms with Crippen molar-refractivity contribution in [3.05, 3.63) is 52.8 Å². The van der Waals surface area contributed by atoms with Gasteiger partial charge in [0.15, 0.2) is 23.9 Å². The lowest BCUT2D eigenvalue weighted by Gasteiger charge is -2.40. The number of aliphatic hydroxyl groups is 3. The van der Waals surface area contributed by atoms with Crippen LogP contribution in [-0.2, 0) is 20.8 Å². The fourth-order valence-corrected chi connectivity index (χ4v) is 4.73. The fourth-order valence-electron chi connectivity index (χ4n) is 4.47. The fraction of sp³-hybridized carbons (Fsp3) is 0.462. The number of carbonyl (C=O) groups excluding carboxylic acids is 1. The van der Waals surface area contributed by atoms with Crippen LogP contribution >= 0.6 is 11.6 Å². The van der Waals surface area contributed by atoms with E-state index < -0.39 is 43.3 Å². The molecule has 0 aliphatic carbocycles. The van der Waals surface area contributed by atoms with Crippen LogP contribution in [0.5, 0.6) is 11.5 Å². The van der Waals surface area contributed by atoms with Crippen molar-refractivity contribution in [1.29, 1.82) is 0 Å². The van der Waals surface area contributed by atoms with Gasteiger partial charge < -0.3 is 43.6 Å². The summed E-state index contributed by atoms with van der Waals surface area (Å²) in [6, 6.07) is 10.6. The maximum Gasteiger partial charge on any atom is 0.338 e. The SMILES string of the molecule is COc1cc(C(=O)O[C@@H]2[C@@H](O)[C@@H](OC)O[C@H](CO)[C@H]2O)cc(Cl)c1OCc1nc2ccccc2n1C(C)C. The largest absolute Gasteiger partial charge is 0.493 e. The third kappa shape index (κ3) is 5.44. The maximum atomic E-state index is 13.0. The summed E-state index contributed by atoms with van der Waals surface area (Å²) in [5.41, 5.74) is 1.82.